The highest BCUT2D eigenvalue weighted by Gasteiger charge is 2.25. The van der Waals surface area contributed by atoms with Crippen molar-refractivity contribution >= 4 is 29.3 Å². The molecule has 1 saturated heterocycles. The van der Waals surface area contributed by atoms with E-state index < -0.39 is 18.1 Å². The molecule has 9 heteroatoms. The van der Waals surface area contributed by atoms with Gasteiger partial charge in [0.05, 0.1) is 30.9 Å². The molecule has 2 atom stereocenters. The molecule has 1 aliphatic rings. The second-order valence-electron chi connectivity index (χ2n) is 5.15. The van der Waals surface area contributed by atoms with Crippen LogP contribution in [0.5, 0.6) is 5.75 Å². The number of nitrogens with one attached hydrogen (secondary N) is 2. The molecule has 132 valence electrons. The van der Waals surface area contributed by atoms with Gasteiger partial charge in [-0.15, -0.1) is 0 Å². The van der Waals surface area contributed by atoms with Crippen molar-refractivity contribution in [2.24, 2.45) is 0 Å². The molecule has 2 rings (SSSR count). The first-order chi connectivity index (χ1) is 11.5. The minimum absolute atomic E-state index is 0.197. The maximum absolute atomic E-state index is 12.0. The minimum atomic E-state index is -0.734. The Kier molecular flexibility index (Phi) is 6.65. The highest BCUT2D eigenvalue weighted by Crippen LogP contribution is 2.27. The standard InChI is InChI=1S/C15H19ClN2O6/c1-22-14(20)8-24-13-3-2-9(6-10(13)16)17-15(21)18-11-4-5-23-7-12(11)19/h2-3,6,11-12,19H,4-5,7-8H2,1H3,(H2,17,18,21). The highest BCUT2D eigenvalue weighted by molar-refractivity contribution is 6.32. The van der Waals surface area contributed by atoms with Crippen LogP contribution in [0.1, 0.15) is 6.42 Å². The van der Waals surface area contributed by atoms with Gasteiger partial charge in [-0.1, -0.05) is 11.6 Å². The van der Waals surface area contributed by atoms with Crippen molar-refractivity contribution in [2.45, 2.75) is 18.6 Å². The Labute approximate surface area is 144 Å². The Morgan fingerprint density at radius 2 is 2.25 bits per heavy atom. The van der Waals surface area contributed by atoms with Gasteiger partial charge in [0, 0.05) is 12.3 Å². The molecule has 1 aromatic carbocycles. The maximum atomic E-state index is 12.0. The summed E-state index contributed by atoms with van der Waals surface area (Å²) in [7, 11) is 1.26. The SMILES string of the molecule is COC(=O)COc1ccc(NC(=O)NC2CCOCC2O)cc1Cl. The van der Waals surface area contributed by atoms with E-state index in [0.29, 0.717) is 24.5 Å². The van der Waals surface area contributed by atoms with Crippen LogP contribution >= 0.6 is 11.6 Å². The van der Waals surface area contributed by atoms with E-state index in [0.717, 1.165) is 0 Å². The Balaban J connectivity index is 1.89. The molecule has 1 aliphatic heterocycles. The Bertz CT molecular complexity index is 597. The van der Waals surface area contributed by atoms with E-state index in [1.165, 1.54) is 19.2 Å². The molecular formula is C15H19ClN2O6. The fraction of sp³-hybridized carbons (Fsp3) is 0.467. The van der Waals surface area contributed by atoms with Crippen LogP contribution in [0, 0.1) is 0 Å². The first-order valence-corrected chi connectivity index (χ1v) is 7.70. The predicted octanol–water partition coefficient (Wildman–Crippen LogP) is 1.16. The third-order valence-electron chi connectivity index (χ3n) is 3.41. The van der Waals surface area contributed by atoms with E-state index in [1.807, 2.05) is 0 Å². The van der Waals surface area contributed by atoms with Crippen LogP contribution in [0.4, 0.5) is 10.5 Å². The summed E-state index contributed by atoms with van der Waals surface area (Å²) in [6.07, 6.45) is -0.197. The number of carbonyl (C=O) groups is 2. The number of ether oxygens (including phenoxy) is 3. The van der Waals surface area contributed by atoms with Crippen molar-refractivity contribution in [3.05, 3.63) is 23.2 Å². The van der Waals surface area contributed by atoms with E-state index in [4.69, 9.17) is 21.1 Å². The number of aliphatic hydroxyl groups excluding tert-OH is 1. The van der Waals surface area contributed by atoms with Crippen LogP contribution < -0.4 is 15.4 Å². The van der Waals surface area contributed by atoms with Gasteiger partial charge in [0.15, 0.2) is 6.61 Å². The van der Waals surface area contributed by atoms with Crippen LogP contribution in [0.3, 0.4) is 0 Å². The summed E-state index contributed by atoms with van der Waals surface area (Å²) in [5.41, 5.74) is 0.449. The molecule has 1 fully saturated rings. The van der Waals surface area contributed by atoms with E-state index >= 15 is 0 Å². The molecular weight excluding hydrogens is 340 g/mol. The second kappa shape index (κ2) is 8.72. The van der Waals surface area contributed by atoms with Crippen molar-refractivity contribution in [3.8, 4) is 5.75 Å². The molecule has 1 heterocycles. The van der Waals surface area contributed by atoms with Crippen LogP contribution in [0.15, 0.2) is 18.2 Å². The summed E-state index contributed by atoms with van der Waals surface area (Å²) in [5.74, 6) is -0.226. The quantitative estimate of drug-likeness (QED) is 0.682. The first-order valence-electron chi connectivity index (χ1n) is 7.32. The van der Waals surface area contributed by atoms with Crippen LogP contribution in [0.25, 0.3) is 0 Å². The van der Waals surface area contributed by atoms with Gasteiger partial charge < -0.3 is 30.0 Å². The number of rotatable bonds is 5. The average molecular weight is 359 g/mol. The largest absolute Gasteiger partial charge is 0.480 e. The third-order valence-corrected chi connectivity index (χ3v) is 3.70. The van der Waals surface area contributed by atoms with Crippen molar-refractivity contribution < 1.29 is 28.9 Å². The fourth-order valence-corrected chi connectivity index (χ4v) is 2.35. The Morgan fingerprint density at radius 3 is 2.92 bits per heavy atom. The monoisotopic (exact) mass is 358 g/mol. The number of anilines is 1. The van der Waals surface area contributed by atoms with Gasteiger partial charge in [-0.25, -0.2) is 9.59 Å². The lowest BCUT2D eigenvalue weighted by molar-refractivity contribution is -0.142. The second-order valence-corrected chi connectivity index (χ2v) is 5.55. The van der Waals surface area contributed by atoms with Gasteiger partial charge in [0.1, 0.15) is 5.75 Å². The van der Waals surface area contributed by atoms with Gasteiger partial charge in [-0.2, -0.15) is 0 Å². The molecule has 3 N–H and O–H groups in total. The van der Waals surface area contributed by atoms with Gasteiger partial charge >= 0.3 is 12.0 Å². The molecule has 0 saturated carbocycles. The molecule has 0 spiro atoms. The Morgan fingerprint density at radius 1 is 1.46 bits per heavy atom. The number of urea groups is 1. The summed E-state index contributed by atoms with van der Waals surface area (Å²) in [6, 6.07) is 3.79. The van der Waals surface area contributed by atoms with Gasteiger partial charge in [-0.3, -0.25) is 0 Å². The van der Waals surface area contributed by atoms with Crippen molar-refractivity contribution in [2.75, 3.05) is 32.2 Å². The molecule has 2 unspecified atom stereocenters. The van der Waals surface area contributed by atoms with Crippen molar-refractivity contribution in [1.82, 2.24) is 5.32 Å². The number of halogens is 1. The normalized spacial score (nSPS) is 20.1. The van der Waals surface area contributed by atoms with Crippen molar-refractivity contribution in [1.29, 1.82) is 0 Å². The maximum Gasteiger partial charge on any atom is 0.343 e. The summed E-state index contributed by atoms with van der Waals surface area (Å²) in [6.45, 7) is 0.425. The third kappa shape index (κ3) is 5.26. The van der Waals surface area contributed by atoms with E-state index in [1.54, 1.807) is 6.07 Å². The predicted molar refractivity (Wildman–Crippen MR) is 86.3 cm³/mol. The number of benzene rings is 1. The van der Waals surface area contributed by atoms with E-state index in [9.17, 15) is 14.7 Å². The minimum Gasteiger partial charge on any atom is -0.480 e. The summed E-state index contributed by atoms with van der Waals surface area (Å²) < 4.78 is 14.8. The topological polar surface area (TPSA) is 106 Å². The summed E-state index contributed by atoms with van der Waals surface area (Å²) >= 11 is 6.05. The summed E-state index contributed by atoms with van der Waals surface area (Å²) in [4.78, 5) is 23.0. The molecule has 0 aliphatic carbocycles. The van der Waals surface area contributed by atoms with Crippen molar-refractivity contribution in [3.63, 3.8) is 0 Å². The summed E-state index contributed by atoms with van der Waals surface area (Å²) in [5, 5.41) is 15.3. The lowest BCUT2D eigenvalue weighted by Gasteiger charge is -2.28. The van der Waals surface area contributed by atoms with Gasteiger partial charge in [0.25, 0.3) is 0 Å². The number of hydrogen-bond donors (Lipinski definition) is 3. The van der Waals surface area contributed by atoms with E-state index in [-0.39, 0.29) is 24.3 Å². The van der Waals surface area contributed by atoms with Crippen LogP contribution in [-0.2, 0) is 14.3 Å². The molecule has 0 bridgehead atoms. The molecule has 1 aromatic rings. The number of methoxy groups -OCH3 is 1. The van der Waals surface area contributed by atoms with Crippen LogP contribution in [0.2, 0.25) is 5.02 Å². The van der Waals surface area contributed by atoms with E-state index in [2.05, 4.69) is 15.4 Å². The highest BCUT2D eigenvalue weighted by atomic mass is 35.5. The number of esters is 1. The van der Waals surface area contributed by atoms with Crippen LogP contribution in [-0.4, -0.2) is 56.2 Å². The average Bonchev–Trinajstić information content (AvgIpc) is 2.56. The fourth-order valence-electron chi connectivity index (χ4n) is 2.12. The number of amides is 2. The zero-order valence-electron chi connectivity index (χ0n) is 13.1. The zero-order valence-corrected chi connectivity index (χ0v) is 13.8. The number of carbonyl (C=O) groups excluding carboxylic acids is 2. The van der Waals surface area contributed by atoms with Gasteiger partial charge in [-0.05, 0) is 24.6 Å². The van der Waals surface area contributed by atoms with Gasteiger partial charge in [0.2, 0.25) is 0 Å². The number of hydrogen-bond acceptors (Lipinski definition) is 6. The lowest BCUT2D eigenvalue weighted by atomic mass is 10.1. The molecule has 0 radical (unpaired) electrons. The lowest BCUT2D eigenvalue weighted by Crippen LogP contribution is -2.49. The Hall–Kier alpha value is -2.03. The molecule has 24 heavy (non-hydrogen) atoms. The molecule has 8 nitrogen and oxygen atoms in total. The number of aliphatic hydroxyl groups is 1. The first kappa shape index (κ1) is 18.3. The molecule has 2 amide bonds. The smallest absolute Gasteiger partial charge is 0.343 e. The zero-order chi connectivity index (χ0) is 17.5. The molecule has 0 aromatic heterocycles.